The molecule has 0 N–H and O–H groups in total. The standard InChI is InChI=1S/C13H14FN7O/c1-7-18-13(22-19-7)10-3-8(14)5-21(10)12-9-4-17-20(2)11(9)15-6-16-12/h4,6,8,10H,3,5H2,1-2H3/t8-,10-/m0/s1. The molecule has 0 amide bonds. The number of anilines is 1. The van der Waals surface area contributed by atoms with Gasteiger partial charge in [0.25, 0.3) is 0 Å². The third kappa shape index (κ3) is 1.92. The Labute approximate surface area is 125 Å². The topological polar surface area (TPSA) is 85.8 Å². The number of hydrogen-bond donors (Lipinski definition) is 0. The number of rotatable bonds is 2. The fraction of sp³-hybridized carbons (Fsp3) is 0.462. The van der Waals surface area contributed by atoms with Gasteiger partial charge in [-0.3, -0.25) is 4.68 Å². The average Bonchev–Trinajstić information content (AvgIpc) is 3.18. The molecule has 0 radical (unpaired) electrons. The van der Waals surface area contributed by atoms with Gasteiger partial charge in [-0.25, -0.2) is 14.4 Å². The summed E-state index contributed by atoms with van der Waals surface area (Å²) in [4.78, 5) is 14.6. The summed E-state index contributed by atoms with van der Waals surface area (Å²) < 4.78 is 20.9. The van der Waals surface area contributed by atoms with Crippen LogP contribution in [0.25, 0.3) is 11.0 Å². The Morgan fingerprint density at radius 2 is 2.23 bits per heavy atom. The lowest BCUT2D eigenvalue weighted by atomic mass is 10.2. The summed E-state index contributed by atoms with van der Waals surface area (Å²) >= 11 is 0. The molecule has 0 spiro atoms. The quantitative estimate of drug-likeness (QED) is 0.706. The minimum absolute atomic E-state index is 0.229. The Bertz CT molecular complexity index is 829. The average molecular weight is 303 g/mol. The Morgan fingerprint density at radius 3 is 3.00 bits per heavy atom. The molecule has 0 aromatic carbocycles. The maximum Gasteiger partial charge on any atom is 0.249 e. The van der Waals surface area contributed by atoms with E-state index in [9.17, 15) is 4.39 Å². The van der Waals surface area contributed by atoms with Gasteiger partial charge in [0, 0.05) is 13.5 Å². The number of aryl methyl sites for hydroxylation is 2. The van der Waals surface area contributed by atoms with Gasteiger partial charge < -0.3 is 9.42 Å². The summed E-state index contributed by atoms with van der Waals surface area (Å²) in [6, 6.07) is -0.325. The van der Waals surface area contributed by atoms with Crippen molar-refractivity contribution in [2.75, 3.05) is 11.4 Å². The molecule has 1 aliphatic rings. The molecule has 0 aliphatic carbocycles. The maximum atomic E-state index is 14.0. The molecular formula is C13H14FN7O. The molecule has 3 aromatic heterocycles. The highest BCUT2D eigenvalue weighted by Gasteiger charge is 2.38. The van der Waals surface area contributed by atoms with Gasteiger partial charge in [-0.1, -0.05) is 5.16 Å². The molecule has 22 heavy (non-hydrogen) atoms. The number of aromatic nitrogens is 6. The number of hydrogen-bond acceptors (Lipinski definition) is 7. The third-order valence-electron chi connectivity index (χ3n) is 3.86. The van der Waals surface area contributed by atoms with Crippen LogP contribution in [0.3, 0.4) is 0 Å². The zero-order chi connectivity index (χ0) is 15.3. The van der Waals surface area contributed by atoms with Crippen molar-refractivity contribution in [2.45, 2.75) is 25.6 Å². The van der Waals surface area contributed by atoms with E-state index in [0.29, 0.717) is 29.6 Å². The van der Waals surface area contributed by atoms with E-state index in [1.165, 1.54) is 6.33 Å². The van der Waals surface area contributed by atoms with Gasteiger partial charge in [-0.15, -0.1) is 0 Å². The predicted molar refractivity (Wildman–Crippen MR) is 74.9 cm³/mol. The van der Waals surface area contributed by atoms with E-state index >= 15 is 0 Å². The van der Waals surface area contributed by atoms with Crippen LogP contribution in [-0.4, -0.2) is 42.6 Å². The molecule has 9 heteroatoms. The molecule has 8 nitrogen and oxygen atoms in total. The van der Waals surface area contributed by atoms with E-state index in [4.69, 9.17) is 4.52 Å². The van der Waals surface area contributed by atoms with Crippen LogP contribution in [0.1, 0.15) is 24.2 Å². The zero-order valence-corrected chi connectivity index (χ0v) is 12.1. The van der Waals surface area contributed by atoms with E-state index in [-0.39, 0.29) is 12.6 Å². The Balaban J connectivity index is 1.81. The first-order chi connectivity index (χ1) is 10.6. The van der Waals surface area contributed by atoms with Gasteiger partial charge in [0.05, 0.1) is 18.1 Å². The molecule has 1 aliphatic heterocycles. The molecule has 3 aromatic rings. The molecule has 114 valence electrons. The van der Waals surface area contributed by atoms with Crippen LogP contribution in [0.4, 0.5) is 10.2 Å². The first kappa shape index (κ1) is 13.1. The van der Waals surface area contributed by atoms with Gasteiger partial charge >= 0.3 is 0 Å². The molecule has 0 bridgehead atoms. The highest BCUT2D eigenvalue weighted by molar-refractivity contribution is 5.86. The van der Waals surface area contributed by atoms with Crippen molar-refractivity contribution in [3.63, 3.8) is 0 Å². The Kier molecular flexibility index (Phi) is 2.81. The minimum atomic E-state index is -0.973. The van der Waals surface area contributed by atoms with Crippen LogP contribution in [0.15, 0.2) is 17.0 Å². The van der Waals surface area contributed by atoms with Crippen molar-refractivity contribution in [1.82, 2.24) is 29.9 Å². The smallest absolute Gasteiger partial charge is 0.249 e. The van der Waals surface area contributed by atoms with E-state index in [0.717, 1.165) is 5.39 Å². The number of alkyl halides is 1. The summed E-state index contributed by atoms with van der Waals surface area (Å²) in [6.45, 7) is 1.97. The lowest BCUT2D eigenvalue weighted by molar-refractivity contribution is 0.325. The molecular weight excluding hydrogens is 289 g/mol. The fourth-order valence-corrected chi connectivity index (χ4v) is 2.88. The summed E-state index contributed by atoms with van der Waals surface area (Å²) in [6.07, 6.45) is 2.47. The van der Waals surface area contributed by atoms with Crippen LogP contribution >= 0.6 is 0 Å². The Hall–Kier alpha value is -2.58. The molecule has 1 fully saturated rings. The van der Waals surface area contributed by atoms with Crippen LogP contribution in [0, 0.1) is 6.92 Å². The van der Waals surface area contributed by atoms with Crippen LogP contribution in [0.5, 0.6) is 0 Å². The second-order valence-corrected chi connectivity index (χ2v) is 5.38. The molecule has 1 saturated heterocycles. The van der Waals surface area contributed by atoms with E-state index in [1.807, 2.05) is 4.90 Å². The summed E-state index contributed by atoms with van der Waals surface area (Å²) in [5, 5.41) is 8.77. The number of halogens is 1. The van der Waals surface area contributed by atoms with Crippen LogP contribution in [-0.2, 0) is 7.05 Å². The molecule has 0 saturated carbocycles. The highest BCUT2D eigenvalue weighted by Crippen LogP contribution is 2.38. The van der Waals surface area contributed by atoms with E-state index in [1.54, 1.807) is 24.9 Å². The van der Waals surface area contributed by atoms with Gasteiger partial charge in [-0.05, 0) is 6.92 Å². The summed E-state index contributed by atoms with van der Waals surface area (Å²) in [7, 11) is 1.81. The van der Waals surface area contributed by atoms with Crippen molar-refractivity contribution in [3.05, 3.63) is 24.2 Å². The number of nitrogens with zero attached hydrogens (tertiary/aromatic N) is 7. The van der Waals surface area contributed by atoms with Crippen molar-refractivity contribution in [2.24, 2.45) is 7.05 Å². The zero-order valence-electron chi connectivity index (χ0n) is 12.1. The largest absolute Gasteiger partial charge is 0.341 e. The van der Waals surface area contributed by atoms with Crippen molar-refractivity contribution >= 4 is 16.9 Å². The lowest BCUT2D eigenvalue weighted by Crippen LogP contribution is -2.25. The molecule has 4 heterocycles. The second kappa shape index (κ2) is 4.72. The van der Waals surface area contributed by atoms with Crippen molar-refractivity contribution in [3.8, 4) is 0 Å². The van der Waals surface area contributed by atoms with Gasteiger partial charge in [0.1, 0.15) is 24.4 Å². The molecule has 2 atom stereocenters. The van der Waals surface area contributed by atoms with Gasteiger partial charge in [-0.2, -0.15) is 10.1 Å². The fourth-order valence-electron chi connectivity index (χ4n) is 2.88. The lowest BCUT2D eigenvalue weighted by Gasteiger charge is -2.22. The van der Waals surface area contributed by atoms with Crippen LogP contribution in [0.2, 0.25) is 0 Å². The molecule has 4 rings (SSSR count). The van der Waals surface area contributed by atoms with Crippen molar-refractivity contribution in [1.29, 1.82) is 0 Å². The minimum Gasteiger partial charge on any atom is -0.341 e. The first-order valence-electron chi connectivity index (χ1n) is 6.97. The van der Waals surface area contributed by atoms with Crippen LogP contribution < -0.4 is 4.90 Å². The van der Waals surface area contributed by atoms with E-state index < -0.39 is 6.17 Å². The monoisotopic (exact) mass is 303 g/mol. The molecule has 0 unspecified atom stereocenters. The van der Waals surface area contributed by atoms with Gasteiger partial charge in [0.15, 0.2) is 11.5 Å². The predicted octanol–water partition coefficient (Wildman–Crippen LogP) is 1.34. The van der Waals surface area contributed by atoms with Gasteiger partial charge in [0.2, 0.25) is 5.89 Å². The summed E-state index contributed by atoms with van der Waals surface area (Å²) in [5.74, 6) is 1.58. The Morgan fingerprint density at radius 1 is 1.36 bits per heavy atom. The van der Waals surface area contributed by atoms with E-state index in [2.05, 4.69) is 25.2 Å². The second-order valence-electron chi connectivity index (χ2n) is 5.38. The first-order valence-corrected chi connectivity index (χ1v) is 6.97. The summed E-state index contributed by atoms with van der Waals surface area (Å²) in [5.41, 5.74) is 0.702. The normalized spacial score (nSPS) is 21.9. The SMILES string of the molecule is Cc1noc([C@@H]2C[C@H](F)CN2c2ncnc3c2cnn3C)n1. The number of fused-ring (bicyclic) bond motifs is 1. The maximum absolute atomic E-state index is 14.0. The van der Waals surface area contributed by atoms with Crippen molar-refractivity contribution < 1.29 is 8.91 Å². The highest BCUT2D eigenvalue weighted by atomic mass is 19.1. The third-order valence-corrected chi connectivity index (χ3v) is 3.86.